The summed E-state index contributed by atoms with van der Waals surface area (Å²) in [6, 6.07) is 11.2. The topological polar surface area (TPSA) is 47.6 Å². The van der Waals surface area contributed by atoms with Crippen molar-refractivity contribution in [3.63, 3.8) is 0 Å². The number of rotatable bonds is 8. The van der Waals surface area contributed by atoms with E-state index in [0.29, 0.717) is 23.8 Å². The van der Waals surface area contributed by atoms with Crippen molar-refractivity contribution in [3.8, 4) is 11.5 Å². The van der Waals surface area contributed by atoms with Crippen LogP contribution in [0.5, 0.6) is 11.5 Å². The molecule has 0 aromatic heterocycles. The van der Waals surface area contributed by atoms with Crippen LogP contribution in [0.1, 0.15) is 59.8 Å². The summed E-state index contributed by atoms with van der Waals surface area (Å²) in [6.07, 6.45) is 1.69. The van der Waals surface area contributed by atoms with Crippen LogP contribution in [-0.2, 0) is 0 Å². The molecule has 0 aliphatic rings. The molecule has 2 aromatic carbocycles. The molecule has 0 saturated heterocycles. The molecule has 0 spiro atoms. The van der Waals surface area contributed by atoms with Gasteiger partial charge in [0.1, 0.15) is 18.1 Å². The molecule has 0 radical (unpaired) electrons. The zero-order chi connectivity index (χ0) is 20.0. The van der Waals surface area contributed by atoms with E-state index in [2.05, 4.69) is 31.8 Å². The first-order valence-electron chi connectivity index (χ1n) is 9.20. The van der Waals surface area contributed by atoms with Crippen molar-refractivity contribution in [2.75, 3.05) is 13.7 Å². The highest BCUT2D eigenvalue weighted by atomic mass is 16.5. The second-order valence-electron chi connectivity index (χ2n) is 6.92. The lowest BCUT2D eigenvalue weighted by Crippen LogP contribution is -2.27. The van der Waals surface area contributed by atoms with Gasteiger partial charge in [-0.1, -0.05) is 26.5 Å². The van der Waals surface area contributed by atoms with Crippen LogP contribution in [0, 0.1) is 6.92 Å². The highest BCUT2D eigenvalue weighted by Gasteiger charge is 2.17. The molecule has 0 aliphatic heterocycles. The molecule has 4 heteroatoms. The summed E-state index contributed by atoms with van der Waals surface area (Å²) in [5, 5.41) is 3.08. The van der Waals surface area contributed by atoms with Crippen LogP contribution in [0.4, 0.5) is 0 Å². The number of hydrogen-bond acceptors (Lipinski definition) is 3. The Labute approximate surface area is 162 Å². The van der Waals surface area contributed by atoms with Gasteiger partial charge in [0, 0.05) is 5.56 Å². The van der Waals surface area contributed by atoms with Crippen LogP contribution in [-0.4, -0.2) is 19.6 Å². The van der Waals surface area contributed by atoms with Crippen LogP contribution >= 0.6 is 0 Å². The third kappa shape index (κ3) is 5.13. The maximum atomic E-state index is 12.6. The van der Waals surface area contributed by atoms with Crippen molar-refractivity contribution >= 4 is 5.91 Å². The fraction of sp³-hybridized carbons (Fsp3) is 0.348. The normalized spacial score (nSPS) is 11.8. The monoisotopic (exact) mass is 367 g/mol. The molecule has 1 N–H and O–H groups in total. The Morgan fingerprint density at radius 3 is 2.37 bits per heavy atom. The van der Waals surface area contributed by atoms with E-state index in [0.717, 1.165) is 22.4 Å². The molecule has 2 aromatic rings. The fourth-order valence-corrected chi connectivity index (χ4v) is 3.03. The molecule has 0 saturated carbocycles. The second kappa shape index (κ2) is 9.26. The zero-order valence-corrected chi connectivity index (χ0v) is 16.8. The number of benzene rings is 2. The average Bonchev–Trinajstić information content (AvgIpc) is 2.65. The van der Waals surface area contributed by atoms with E-state index < -0.39 is 0 Å². The van der Waals surface area contributed by atoms with Crippen LogP contribution in [0.15, 0.2) is 49.1 Å². The molecule has 0 heterocycles. The summed E-state index contributed by atoms with van der Waals surface area (Å²) >= 11 is 0. The van der Waals surface area contributed by atoms with Crippen molar-refractivity contribution < 1.29 is 14.3 Å². The number of hydrogen-bond donors (Lipinski definition) is 1. The van der Waals surface area contributed by atoms with E-state index in [4.69, 9.17) is 9.47 Å². The standard InChI is InChI=1S/C23H29NO3/c1-7-12-27-19-10-8-18(9-11-19)23(25)24-17(5)21-14-20(15(2)3)22(26-6)13-16(21)4/h7-11,13-15,17H,1,12H2,2-6H3,(H,24,25). The number of carbonyl (C=O) groups is 1. The van der Waals surface area contributed by atoms with Gasteiger partial charge in [-0.3, -0.25) is 4.79 Å². The van der Waals surface area contributed by atoms with E-state index in [-0.39, 0.29) is 11.9 Å². The van der Waals surface area contributed by atoms with Gasteiger partial charge in [-0.05, 0) is 72.9 Å². The van der Waals surface area contributed by atoms with Gasteiger partial charge in [0.2, 0.25) is 0 Å². The number of ether oxygens (including phenoxy) is 2. The minimum Gasteiger partial charge on any atom is -0.496 e. The van der Waals surface area contributed by atoms with E-state index in [9.17, 15) is 4.79 Å². The van der Waals surface area contributed by atoms with E-state index in [1.165, 1.54) is 0 Å². The largest absolute Gasteiger partial charge is 0.496 e. The Balaban J connectivity index is 2.16. The summed E-state index contributed by atoms with van der Waals surface area (Å²) in [5.41, 5.74) is 3.93. The maximum Gasteiger partial charge on any atom is 0.251 e. The Morgan fingerprint density at radius 1 is 1.15 bits per heavy atom. The number of nitrogens with one attached hydrogen (secondary N) is 1. The molecule has 144 valence electrons. The Kier molecular flexibility index (Phi) is 7.05. The Hall–Kier alpha value is -2.75. The van der Waals surface area contributed by atoms with Crippen molar-refractivity contribution in [2.45, 2.75) is 39.7 Å². The molecule has 4 nitrogen and oxygen atoms in total. The summed E-state index contributed by atoms with van der Waals surface area (Å²) in [4.78, 5) is 12.6. The van der Waals surface area contributed by atoms with E-state index in [1.54, 1.807) is 37.5 Å². The van der Waals surface area contributed by atoms with Gasteiger partial charge in [0.25, 0.3) is 5.91 Å². The van der Waals surface area contributed by atoms with Crippen molar-refractivity contribution in [1.82, 2.24) is 5.32 Å². The molecule has 2 rings (SSSR count). The molecule has 1 amide bonds. The molecule has 0 fully saturated rings. The van der Waals surface area contributed by atoms with Crippen LogP contribution in [0.25, 0.3) is 0 Å². The minimum absolute atomic E-state index is 0.112. The molecule has 0 bridgehead atoms. The van der Waals surface area contributed by atoms with Crippen LogP contribution in [0.3, 0.4) is 0 Å². The number of carbonyl (C=O) groups excluding carboxylic acids is 1. The van der Waals surface area contributed by atoms with Crippen LogP contribution in [0.2, 0.25) is 0 Å². The SMILES string of the molecule is C=CCOc1ccc(C(=O)NC(C)c2cc(C(C)C)c(OC)cc2C)cc1. The van der Waals surface area contributed by atoms with Crippen molar-refractivity contribution in [2.24, 2.45) is 0 Å². The predicted octanol–water partition coefficient (Wildman–Crippen LogP) is 5.18. The van der Waals surface area contributed by atoms with Gasteiger partial charge >= 0.3 is 0 Å². The molecular formula is C23H29NO3. The quantitative estimate of drug-likeness (QED) is 0.654. The lowest BCUT2D eigenvalue weighted by Gasteiger charge is -2.21. The average molecular weight is 367 g/mol. The molecule has 1 unspecified atom stereocenters. The maximum absolute atomic E-state index is 12.6. The zero-order valence-electron chi connectivity index (χ0n) is 16.8. The molecule has 27 heavy (non-hydrogen) atoms. The number of methoxy groups -OCH3 is 1. The highest BCUT2D eigenvalue weighted by Crippen LogP contribution is 2.32. The Bertz CT molecular complexity index is 794. The van der Waals surface area contributed by atoms with E-state index >= 15 is 0 Å². The van der Waals surface area contributed by atoms with E-state index in [1.807, 2.05) is 19.9 Å². The lowest BCUT2D eigenvalue weighted by atomic mass is 9.93. The number of amides is 1. The van der Waals surface area contributed by atoms with Gasteiger partial charge in [0.15, 0.2) is 0 Å². The van der Waals surface area contributed by atoms with Gasteiger partial charge in [0.05, 0.1) is 13.2 Å². The highest BCUT2D eigenvalue weighted by molar-refractivity contribution is 5.94. The Morgan fingerprint density at radius 2 is 1.81 bits per heavy atom. The summed E-state index contributed by atoms with van der Waals surface area (Å²) in [5.74, 6) is 1.83. The first kappa shape index (κ1) is 20.6. The second-order valence-corrected chi connectivity index (χ2v) is 6.92. The third-order valence-electron chi connectivity index (χ3n) is 4.54. The van der Waals surface area contributed by atoms with Gasteiger partial charge in [-0.25, -0.2) is 0 Å². The fourth-order valence-electron chi connectivity index (χ4n) is 3.03. The van der Waals surface area contributed by atoms with Crippen LogP contribution < -0.4 is 14.8 Å². The van der Waals surface area contributed by atoms with Gasteiger partial charge in [-0.15, -0.1) is 0 Å². The van der Waals surface area contributed by atoms with Gasteiger partial charge < -0.3 is 14.8 Å². The lowest BCUT2D eigenvalue weighted by molar-refractivity contribution is 0.0940. The molecular weight excluding hydrogens is 338 g/mol. The number of aryl methyl sites for hydroxylation is 1. The molecule has 0 aliphatic carbocycles. The van der Waals surface area contributed by atoms with Crippen molar-refractivity contribution in [3.05, 3.63) is 71.3 Å². The summed E-state index contributed by atoms with van der Waals surface area (Å²) in [6.45, 7) is 12.4. The molecule has 1 atom stereocenters. The minimum atomic E-state index is -0.113. The first-order chi connectivity index (χ1) is 12.9. The smallest absolute Gasteiger partial charge is 0.251 e. The third-order valence-corrected chi connectivity index (χ3v) is 4.54. The predicted molar refractivity (Wildman–Crippen MR) is 110 cm³/mol. The summed E-state index contributed by atoms with van der Waals surface area (Å²) < 4.78 is 11.0. The first-order valence-corrected chi connectivity index (χ1v) is 9.20. The van der Waals surface area contributed by atoms with Gasteiger partial charge in [-0.2, -0.15) is 0 Å². The van der Waals surface area contributed by atoms with Crippen molar-refractivity contribution in [1.29, 1.82) is 0 Å². The summed E-state index contributed by atoms with van der Waals surface area (Å²) in [7, 11) is 1.69.